The number of aryl methyl sites for hydroxylation is 2. The summed E-state index contributed by atoms with van der Waals surface area (Å²) >= 11 is 1.30. The monoisotopic (exact) mass is 310 g/mol. The largest absolute Gasteiger partial charge is 0.333 e. The number of hydrogen-bond acceptors (Lipinski definition) is 5. The first-order chi connectivity index (χ1) is 9.56. The van der Waals surface area contributed by atoms with Crippen molar-refractivity contribution >= 4 is 23.7 Å². The van der Waals surface area contributed by atoms with Crippen molar-refractivity contribution in [1.82, 2.24) is 20.6 Å². The zero-order valence-corrected chi connectivity index (χ0v) is 14.1. The molecule has 3 amide bonds. The number of carbonyl (C=O) groups excluding carboxylic acids is 2. The van der Waals surface area contributed by atoms with E-state index in [2.05, 4.69) is 20.6 Å². The van der Waals surface area contributed by atoms with Crippen LogP contribution in [0.15, 0.2) is 11.1 Å². The molecule has 0 aliphatic rings. The van der Waals surface area contributed by atoms with Crippen LogP contribution >= 0.6 is 11.8 Å². The maximum atomic E-state index is 12.0. The van der Waals surface area contributed by atoms with Crippen LogP contribution in [-0.4, -0.2) is 32.7 Å². The highest BCUT2D eigenvalue weighted by molar-refractivity contribution is 8.00. The summed E-state index contributed by atoms with van der Waals surface area (Å²) in [4.78, 5) is 32.1. The Kier molecular flexibility index (Phi) is 5.71. The fourth-order valence-electron chi connectivity index (χ4n) is 1.56. The third kappa shape index (κ3) is 6.57. The molecule has 0 saturated heterocycles. The number of carbonyl (C=O) groups is 2. The number of nitrogens with one attached hydrogen (secondary N) is 2. The van der Waals surface area contributed by atoms with E-state index >= 15 is 0 Å². The van der Waals surface area contributed by atoms with Crippen LogP contribution in [0, 0.1) is 13.8 Å². The number of aromatic nitrogens is 2. The normalized spacial score (nSPS) is 12.7. The number of nitrogens with zero attached hydrogens (tertiary/aromatic N) is 2. The second kappa shape index (κ2) is 6.89. The molecule has 0 aliphatic carbocycles. The van der Waals surface area contributed by atoms with Gasteiger partial charge in [-0.1, -0.05) is 11.8 Å². The van der Waals surface area contributed by atoms with Crippen molar-refractivity contribution in [1.29, 1.82) is 0 Å². The topological polar surface area (TPSA) is 84.0 Å². The maximum absolute atomic E-state index is 12.0. The van der Waals surface area contributed by atoms with Gasteiger partial charge in [-0.25, -0.2) is 14.8 Å². The molecule has 0 aromatic carbocycles. The molecule has 1 heterocycles. The molecule has 1 atom stereocenters. The zero-order chi connectivity index (χ0) is 16.2. The molecule has 6 nitrogen and oxygen atoms in total. The lowest BCUT2D eigenvalue weighted by Crippen LogP contribution is -2.49. The first-order valence-electron chi connectivity index (χ1n) is 6.69. The lowest BCUT2D eigenvalue weighted by atomic mass is 10.1. The molecule has 7 heteroatoms. The molecule has 1 aromatic rings. The molecule has 116 valence electrons. The van der Waals surface area contributed by atoms with Crippen molar-refractivity contribution in [2.75, 3.05) is 0 Å². The highest BCUT2D eigenvalue weighted by atomic mass is 32.2. The third-order valence-corrected chi connectivity index (χ3v) is 3.35. The van der Waals surface area contributed by atoms with E-state index in [0.717, 1.165) is 10.7 Å². The maximum Gasteiger partial charge on any atom is 0.321 e. The van der Waals surface area contributed by atoms with E-state index in [1.165, 1.54) is 11.8 Å². The Morgan fingerprint density at radius 2 is 1.86 bits per heavy atom. The van der Waals surface area contributed by atoms with E-state index in [1.807, 2.05) is 33.8 Å². The van der Waals surface area contributed by atoms with Gasteiger partial charge in [-0.05, 0) is 47.6 Å². The fourth-order valence-corrected chi connectivity index (χ4v) is 2.51. The van der Waals surface area contributed by atoms with Crippen LogP contribution in [0.4, 0.5) is 4.79 Å². The molecule has 0 saturated carbocycles. The zero-order valence-electron chi connectivity index (χ0n) is 13.3. The molecule has 1 rings (SSSR count). The first kappa shape index (κ1) is 17.4. The summed E-state index contributed by atoms with van der Waals surface area (Å²) in [6.07, 6.45) is 0. The van der Waals surface area contributed by atoms with E-state index in [0.29, 0.717) is 5.82 Å². The minimum atomic E-state index is -0.491. The van der Waals surface area contributed by atoms with Crippen LogP contribution < -0.4 is 10.6 Å². The third-order valence-electron chi connectivity index (χ3n) is 2.33. The molecule has 0 bridgehead atoms. The first-order valence-corrected chi connectivity index (χ1v) is 7.57. The van der Waals surface area contributed by atoms with E-state index in [4.69, 9.17) is 0 Å². The summed E-state index contributed by atoms with van der Waals surface area (Å²) in [5, 5.41) is 5.31. The molecular weight excluding hydrogens is 288 g/mol. The minimum Gasteiger partial charge on any atom is -0.333 e. The van der Waals surface area contributed by atoms with Crippen LogP contribution in [0.3, 0.4) is 0 Å². The van der Waals surface area contributed by atoms with Crippen molar-refractivity contribution in [3.05, 3.63) is 17.6 Å². The van der Waals surface area contributed by atoms with Gasteiger partial charge in [0.15, 0.2) is 0 Å². The highest BCUT2D eigenvalue weighted by Gasteiger charge is 2.20. The smallest absolute Gasteiger partial charge is 0.321 e. The second-order valence-corrected chi connectivity index (χ2v) is 7.21. The van der Waals surface area contributed by atoms with Crippen LogP contribution in [0.2, 0.25) is 0 Å². The predicted octanol–water partition coefficient (Wildman–Crippen LogP) is 2.20. The molecule has 0 radical (unpaired) electrons. The van der Waals surface area contributed by atoms with E-state index in [1.54, 1.807) is 13.8 Å². The van der Waals surface area contributed by atoms with Crippen molar-refractivity contribution in [3.63, 3.8) is 0 Å². The van der Waals surface area contributed by atoms with E-state index in [-0.39, 0.29) is 11.4 Å². The molecule has 1 aromatic heterocycles. The van der Waals surface area contributed by atoms with E-state index < -0.39 is 11.3 Å². The number of thioether (sulfide) groups is 1. The van der Waals surface area contributed by atoms with Gasteiger partial charge in [0.1, 0.15) is 10.9 Å². The van der Waals surface area contributed by atoms with Crippen molar-refractivity contribution < 1.29 is 9.59 Å². The lowest BCUT2D eigenvalue weighted by Gasteiger charge is -2.21. The highest BCUT2D eigenvalue weighted by Crippen LogP contribution is 2.21. The van der Waals surface area contributed by atoms with Crippen molar-refractivity contribution in [2.45, 2.75) is 57.4 Å². The second-order valence-electron chi connectivity index (χ2n) is 5.85. The number of amides is 3. The van der Waals surface area contributed by atoms with Crippen LogP contribution in [0.25, 0.3) is 0 Å². The Balaban J connectivity index is 2.60. The molecular formula is C14H22N4O2S. The van der Waals surface area contributed by atoms with Gasteiger partial charge >= 0.3 is 6.03 Å². The Morgan fingerprint density at radius 1 is 1.24 bits per heavy atom. The summed E-state index contributed by atoms with van der Waals surface area (Å²) in [5.74, 6) is 0.311. The van der Waals surface area contributed by atoms with Gasteiger partial charge in [0.05, 0.1) is 5.25 Å². The number of hydrogen-bond donors (Lipinski definition) is 2. The summed E-state index contributed by atoms with van der Waals surface area (Å²) in [6.45, 7) is 11.0. The van der Waals surface area contributed by atoms with Gasteiger partial charge in [-0.3, -0.25) is 10.1 Å². The SMILES string of the molecule is Cc1cc(SC(C)C(=O)NC(=O)NC(C)(C)C)nc(C)n1. The molecule has 0 fully saturated rings. The van der Waals surface area contributed by atoms with Gasteiger partial charge in [0, 0.05) is 11.2 Å². The van der Waals surface area contributed by atoms with Gasteiger partial charge < -0.3 is 5.32 Å². The van der Waals surface area contributed by atoms with Crippen molar-refractivity contribution in [3.8, 4) is 0 Å². The summed E-state index contributed by atoms with van der Waals surface area (Å²) < 4.78 is 0. The Labute approximate surface area is 129 Å². The number of urea groups is 1. The quantitative estimate of drug-likeness (QED) is 0.660. The fraction of sp³-hybridized carbons (Fsp3) is 0.571. The summed E-state index contributed by atoms with van der Waals surface area (Å²) in [5.41, 5.74) is 0.463. The molecule has 1 unspecified atom stereocenters. The van der Waals surface area contributed by atoms with Crippen LogP contribution in [0.5, 0.6) is 0 Å². The number of rotatable bonds is 3. The average molecular weight is 310 g/mol. The number of imide groups is 1. The van der Waals surface area contributed by atoms with Gasteiger partial charge in [0.25, 0.3) is 0 Å². The van der Waals surface area contributed by atoms with Crippen molar-refractivity contribution in [2.24, 2.45) is 0 Å². The molecule has 21 heavy (non-hydrogen) atoms. The summed E-state index contributed by atoms with van der Waals surface area (Å²) in [6, 6.07) is 1.33. The summed E-state index contributed by atoms with van der Waals surface area (Å²) in [7, 11) is 0. The van der Waals surface area contributed by atoms with Crippen LogP contribution in [0.1, 0.15) is 39.2 Å². The Hall–Kier alpha value is -1.63. The van der Waals surface area contributed by atoms with E-state index in [9.17, 15) is 9.59 Å². The standard InChI is InChI=1S/C14H22N4O2S/c1-8-7-11(16-10(3)15-8)21-9(2)12(19)17-13(20)18-14(4,5)6/h7,9H,1-6H3,(H2,17,18,19,20). The molecule has 2 N–H and O–H groups in total. The minimum absolute atomic E-state index is 0.351. The van der Waals surface area contributed by atoms with Gasteiger partial charge in [0.2, 0.25) is 5.91 Å². The average Bonchev–Trinajstić information content (AvgIpc) is 2.24. The molecule has 0 spiro atoms. The van der Waals surface area contributed by atoms with Crippen LogP contribution in [-0.2, 0) is 4.79 Å². The Bertz CT molecular complexity index is 520. The van der Waals surface area contributed by atoms with Gasteiger partial charge in [-0.15, -0.1) is 0 Å². The predicted molar refractivity (Wildman–Crippen MR) is 83.3 cm³/mol. The van der Waals surface area contributed by atoms with Gasteiger partial charge in [-0.2, -0.15) is 0 Å². The molecule has 0 aliphatic heterocycles. The lowest BCUT2D eigenvalue weighted by molar-refractivity contribution is -0.119. The Morgan fingerprint density at radius 3 is 2.38 bits per heavy atom.